The van der Waals surface area contributed by atoms with Gasteiger partial charge in [-0.15, -0.1) is 0 Å². The first-order valence-electron chi connectivity index (χ1n) is 17.0. The molecule has 40 heavy (non-hydrogen) atoms. The molecule has 0 spiro atoms. The van der Waals surface area contributed by atoms with Gasteiger partial charge in [0.25, 0.3) is 0 Å². The van der Waals surface area contributed by atoms with Gasteiger partial charge in [0.15, 0.2) is 0 Å². The number of carbonyl (C=O) groups is 1. The van der Waals surface area contributed by atoms with Crippen molar-refractivity contribution >= 4 is 5.91 Å². The van der Waals surface area contributed by atoms with Crippen molar-refractivity contribution in [2.45, 2.75) is 131 Å². The Morgan fingerprint density at radius 2 is 1.62 bits per heavy atom. The molecule has 0 bridgehead atoms. The fraction of sp³-hybridized carbons (Fsp3) is 0.917. The number of aliphatic hydroxyl groups excluding tert-OH is 1. The zero-order valence-corrected chi connectivity index (χ0v) is 27.0. The lowest BCUT2D eigenvalue weighted by molar-refractivity contribution is -0.246. The molecular formula is C36H60N2O2. The molecule has 1 aliphatic heterocycles. The summed E-state index contributed by atoms with van der Waals surface area (Å²) in [7, 11) is 2.20. The molecule has 2 N–H and O–H groups in total. The Hall–Kier alpha value is -0.870. The number of hydrogen-bond donors (Lipinski definition) is 2. The number of fused-ring (bicyclic) bond motifs is 7. The van der Waals surface area contributed by atoms with Crippen LogP contribution in [0.2, 0.25) is 0 Å². The van der Waals surface area contributed by atoms with Crippen molar-refractivity contribution in [2.75, 3.05) is 20.1 Å². The quantitative estimate of drug-likeness (QED) is 0.364. The lowest BCUT2D eigenvalue weighted by Crippen LogP contribution is -2.67. The monoisotopic (exact) mass is 552 g/mol. The number of carbonyl (C=O) groups excluding carboxylic acids is 1. The predicted molar refractivity (Wildman–Crippen MR) is 164 cm³/mol. The van der Waals surface area contributed by atoms with Gasteiger partial charge in [0.05, 0.1) is 11.5 Å². The Balaban J connectivity index is 1.34. The highest BCUT2D eigenvalue weighted by Crippen LogP contribution is 2.77. The van der Waals surface area contributed by atoms with E-state index >= 15 is 0 Å². The van der Waals surface area contributed by atoms with E-state index in [1.54, 1.807) is 0 Å². The van der Waals surface area contributed by atoms with Crippen molar-refractivity contribution in [3.63, 3.8) is 0 Å². The van der Waals surface area contributed by atoms with Crippen molar-refractivity contribution < 1.29 is 9.90 Å². The number of amides is 1. The minimum absolute atomic E-state index is 0.00439. The number of likely N-dealkylation sites (N-methyl/N-ethyl adjacent to an activating group) is 1. The van der Waals surface area contributed by atoms with Crippen LogP contribution in [-0.2, 0) is 4.79 Å². The van der Waals surface area contributed by atoms with Crippen LogP contribution < -0.4 is 5.32 Å². The molecule has 226 valence electrons. The molecule has 11 atom stereocenters. The highest BCUT2D eigenvalue weighted by molar-refractivity contribution is 5.84. The van der Waals surface area contributed by atoms with E-state index < -0.39 is 0 Å². The minimum atomic E-state index is -0.217. The standard InChI is InChI=1S/C36H60N2O2/c1-23(2)25-13-18-36(31(40)37-24-10-9-21-38(8)22-24)20-19-34(6)26(30(25)36)11-12-28-33(5)16-15-29(39)32(3,4)27(33)14-17-35(28,34)7/h24-30,39H,1,9-22H2,2-8H3,(H,37,40)/t24-,25+,26-,27+,28-,29+,30-,33+,34-,35-,36+/m1/s1. The normalized spacial score (nSPS) is 52.0. The molecule has 0 aromatic rings. The Labute approximate surface area is 245 Å². The second-order valence-electron chi connectivity index (χ2n) is 17.3. The first-order chi connectivity index (χ1) is 18.7. The fourth-order valence-corrected chi connectivity index (χ4v) is 13.1. The molecule has 0 radical (unpaired) electrons. The van der Waals surface area contributed by atoms with Crippen LogP contribution in [0.3, 0.4) is 0 Å². The minimum Gasteiger partial charge on any atom is -0.393 e. The van der Waals surface area contributed by atoms with Crippen LogP contribution in [0.25, 0.3) is 0 Å². The summed E-state index contributed by atoms with van der Waals surface area (Å²) in [6, 6.07) is 0.298. The molecule has 5 saturated carbocycles. The maximum atomic E-state index is 14.4. The first-order valence-corrected chi connectivity index (χ1v) is 17.0. The van der Waals surface area contributed by atoms with E-state index in [1.807, 2.05) is 0 Å². The van der Waals surface area contributed by atoms with Gasteiger partial charge in [0.1, 0.15) is 0 Å². The van der Waals surface area contributed by atoms with Gasteiger partial charge in [-0.25, -0.2) is 0 Å². The molecule has 1 heterocycles. The zero-order chi connectivity index (χ0) is 28.9. The second-order valence-corrected chi connectivity index (χ2v) is 17.3. The maximum absolute atomic E-state index is 14.4. The number of nitrogens with one attached hydrogen (secondary N) is 1. The lowest BCUT2D eigenvalue weighted by Gasteiger charge is -2.72. The summed E-state index contributed by atoms with van der Waals surface area (Å²) in [4.78, 5) is 16.8. The van der Waals surface area contributed by atoms with Crippen molar-refractivity contribution in [3.05, 3.63) is 12.2 Å². The van der Waals surface area contributed by atoms with Crippen molar-refractivity contribution in [1.82, 2.24) is 10.2 Å². The number of aliphatic hydroxyl groups is 1. The summed E-state index contributed by atoms with van der Waals surface area (Å²) in [5, 5.41) is 14.7. The van der Waals surface area contributed by atoms with Gasteiger partial charge < -0.3 is 15.3 Å². The molecule has 5 aliphatic carbocycles. The topological polar surface area (TPSA) is 52.6 Å². The molecule has 0 unspecified atom stereocenters. The van der Waals surface area contributed by atoms with Crippen LogP contribution in [-0.4, -0.2) is 48.2 Å². The third kappa shape index (κ3) is 3.85. The molecule has 1 saturated heterocycles. The number of hydrogen-bond acceptors (Lipinski definition) is 3. The molecular weight excluding hydrogens is 492 g/mol. The summed E-state index contributed by atoms with van der Waals surface area (Å²) in [6.07, 6.45) is 13.7. The van der Waals surface area contributed by atoms with E-state index in [4.69, 9.17) is 0 Å². The molecule has 6 aliphatic rings. The highest BCUT2D eigenvalue weighted by atomic mass is 16.3. The van der Waals surface area contributed by atoms with Gasteiger partial charge in [0, 0.05) is 12.6 Å². The first kappa shape index (κ1) is 29.2. The van der Waals surface area contributed by atoms with E-state index in [-0.39, 0.29) is 27.8 Å². The fourth-order valence-electron chi connectivity index (χ4n) is 13.1. The van der Waals surface area contributed by atoms with Gasteiger partial charge in [-0.1, -0.05) is 46.8 Å². The van der Waals surface area contributed by atoms with Crippen LogP contribution >= 0.6 is 0 Å². The smallest absolute Gasteiger partial charge is 0.226 e. The predicted octanol–water partition coefficient (Wildman–Crippen LogP) is 7.22. The SMILES string of the molecule is C=C(C)[C@@H]1CC[C@]2(C(=O)N[C@@H]3CCCN(C)C3)CC[C@]3(C)[C@H](CC[C@@H]4[C@@]5(C)CC[C@H](O)C(C)(C)[C@@H]5CC[C@]43C)[C@@H]12. The highest BCUT2D eigenvalue weighted by Gasteiger charge is 2.71. The number of likely N-dealkylation sites (tertiary alicyclic amines) is 1. The van der Waals surface area contributed by atoms with E-state index in [0.29, 0.717) is 47.0 Å². The molecule has 0 aromatic heterocycles. The third-order valence-electron chi connectivity index (χ3n) is 15.5. The van der Waals surface area contributed by atoms with Gasteiger partial charge >= 0.3 is 0 Å². The number of nitrogens with zero attached hydrogens (tertiary/aromatic N) is 1. The molecule has 6 rings (SSSR count). The van der Waals surface area contributed by atoms with Crippen LogP contribution in [0.15, 0.2) is 12.2 Å². The van der Waals surface area contributed by atoms with E-state index in [2.05, 4.69) is 65.4 Å². The van der Waals surface area contributed by atoms with E-state index in [1.165, 1.54) is 50.5 Å². The number of rotatable bonds is 3. The Morgan fingerprint density at radius 3 is 2.33 bits per heavy atom. The van der Waals surface area contributed by atoms with Crippen molar-refractivity contribution in [3.8, 4) is 0 Å². The summed E-state index contributed by atoms with van der Waals surface area (Å²) in [5.41, 5.74) is 1.93. The summed E-state index contributed by atoms with van der Waals surface area (Å²) in [5.74, 6) is 3.18. The molecule has 1 amide bonds. The van der Waals surface area contributed by atoms with E-state index in [9.17, 15) is 9.90 Å². The summed E-state index contributed by atoms with van der Waals surface area (Å²) < 4.78 is 0. The van der Waals surface area contributed by atoms with Crippen molar-refractivity contribution in [1.29, 1.82) is 0 Å². The molecule has 4 nitrogen and oxygen atoms in total. The van der Waals surface area contributed by atoms with Gasteiger partial charge in [0.2, 0.25) is 5.91 Å². The van der Waals surface area contributed by atoms with Crippen LogP contribution in [0.5, 0.6) is 0 Å². The maximum Gasteiger partial charge on any atom is 0.226 e. The molecule has 4 heteroatoms. The number of piperidine rings is 1. The second kappa shape index (κ2) is 9.57. The van der Waals surface area contributed by atoms with Gasteiger partial charge in [-0.3, -0.25) is 4.79 Å². The van der Waals surface area contributed by atoms with Crippen LogP contribution in [0.1, 0.15) is 119 Å². The average molecular weight is 553 g/mol. The Kier molecular flexibility index (Phi) is 6.99. The van der Waals surface area contributed by atoms with Crippen LogP contribution in [0, 0.1) is 56.7 Å². The molecule has 0 aromatic carbocycles. The lowest BCUT2D eigenvalue weighted by atomic mass is 9.32. The largest absolute Gasteiger partial charge is 0.393 e. The molecule has 6 fully saturated rings. The van der Waals surface area contributed by atoms with Crippen molar-refractivity contribution in [2.24, 2.45) is 56.7 Å². The van der Waals surface area contributed by atoms with Gasteiger partial charge in [-0.2, -0.15) is 0 Å². The summed E-state index contributed by atoms with van der Waals surface area (Å²) in [6.45, 7) is 21.6. The Bertz CT molecular complexity index is 1040. The van der Waals surface area contributed by atoms with Crippen LogP contribution in [0.4, 0.5) is 0 Å². The number of allylic oxidation sites excluding steroid dienone is 1. The third-order valence-corrected chi connectivity index (χ3v) is 15.5. The Morgan fingerprint density at radius 1 is 0.875 bits per heavy atom. The van der Waals surface area contributed by atoms with Gasteiger partial charge in [-0.05, 0) is 149 Å². The zero-order valence-electron chi connectivity index (χ0n) is 27.0. The average Bonchev–Trinajstić information content (AvgIpc) is 3.28. The summed E-state index contributed by atoms with van der Waals surface area (Å²) >= 11 is 0. The van der Waals surface area contributed by atoms with E-state index in [0.717, 1.165) is 45.2 Å².